The van der Waals surface area contributed by atoms with E-state index in [2.05, 4.69) is 21.4 Å². The molecule has 0 radical (unpaired) electrons. The average Bonchev–Trinajstić information content (AvgIpc) is 2.87. The van der Waals surface area contributed by atoms with Crippen LogP contribution < -0.4 is 5.32 Å². The van der Waals surface area contributed by atoms with Crippen molar-refractivity contribution in [2.45, 2.75) is 6.54 Å². The number of hydrogen-bond donors (Lipinski definition) is 1. The van der Waals surface area contributed by atoms with Gasteiger partial charge in [0.05, 0.1) is 5.52 Å². The maximum atomic E-state index is 14.0. The number of rotatable bonds is 4. The third-order valence-electron chi connectivity index (χ3n) is 3.26. The van der Waals surface area contributed by atoms with Gasteiger partial charge in [0.2, 0.25) is 0 Å². The van der Waals surface area contributed by atoms with Crippen LogP contribution in [0.5, 0.6) is 0 Å². The fourth-order valence-electron chi connectivity index (χ4n) is 2.33. The summed E-state index contributed by atoms with van der Waals surface area (Å²) in [4.78, 5) is 7.82. The molecule has 2 heterocycles. The van der Waals surface area contributed by atoms with Crippen molar-refractivity contribution in [3.63, 3.8) is 0 Å². The van der Waals surface area contributed by atoms with Crippen molar-refractivity contribution in [3.8, 4) is 6.07 Å². The largest absolute Gasteiger partial charge is 0.368 e. The highest BCUT2D eigenvalue weighted by Gasteiger charge is 2.11. The molecule has 0 aliphatic carbocycles. The molecule has 7 heteroatoms. The molecule has 3 rings (SSSR count). The summed E-state index contributed by atoms with van der Waals surface area (Å²) in [5.74, 6) is 0.236. The second kappa shape index (κ2) is 6.00. The number of benzene rings is 1. The van der Waals surface area contributed by atoms with Crippen LogP contribution >= 0.6 is 11.6 Å². The van der Waals surface area contributed by atoms with E-state index in [-0.39, 0.29) is 5.82 Å². The number of nitrogens with one attached hydrogen (secondary N) is 1. The Balaban J connectivity index is 1.83. The molecule has 0 amide bonds. The Morgan fingerprint density at radius 1 is 1.32 bits per heavy atom. The SMILES string of the molecule is N#Cc1cc2cccc(F)c2n1CCNc1cc(Cl)ncn1. The van der Waals surface area contributed by atoms with Gasteiger partial charge in [-0.15, -0.1) is 0 Å². The van der Waals surface area contributed by atoms with E-state index in [1.807, 2.05) is 0 Å². The summed E-state index contributed by atoms with van der Waals surface area (Å²) in [6.07, 6.45) is 1.36. The third kappa shape index (κ3) is 2.71. The molecule has 0 saturated carbocycles. The van der Waals surface area contributed by atoms with Crippen LogP contribution in [0.3, 0.4) is 0 Å². The van der Waals surface area contributed by atoms with Crippen molar-refractivity contribution in [2.75, 3.05) is 11.9 Å². The minimum absolute atomic E-state index is 0.340. The first-order valence-corrected chi connectivity index (χ1v) is 6.96. The van der Waals surface area contributed by atoms with E-state index in [0.717, 1.165) is 0 Å². The van der Waals surface area contributed by atoms with Crippen molar-refractivity contribution >= 4 is 28.3 Å². The van der Waals surface area contributed by atoms with Gasteiger partial charge in [0.1, 0.15) is 34.9 Å². The zero-order valence-electron chi connectivity index (χ0n) is 11.4. The lowest BCUT2D eigenvalue weighted by atomic mass is 10.2. The summed E-state index contributed by atoms with van der Waals surface area (Å²) in [7, 11) is 0. The quantitative estimate of drug-likeness (QED) is 0.751. The van der Waals surface area contributed by atoms with Crippen molar-refractivity contribution in [1.82, 2.24) is 14.5 Å². The lowest BCUT2D eigenvalue weighted by Gasteiger charge is -2.09. The molecule has 0 aliphatic rings. The maximum absolute atomic E-state index is 14.0. The molecule has 0 saturated heterocycles. The van der Waals surface area contributed by atoms with E-state index in [1.165, 1.54) is 12.4 Å². The zero-order valence-corrected chi connectivity index (χ0v) is 12.2. The van der Waals surface area contributed by atoms with Gasteiger partial charge in [0.15, 0.2) is 0 Å². The molecule has 0 spiro atoms. The van der Waals surface area contributed by atoms with Crippen molar-refractivity contribution in [1.29, 1.82) is 5.26 Å². The highest BCUT2D eigenvalue weighted by molar-refractivity contribution is 6.29. The highest BCUT2D eigenvalue weighted by atomic mass is 35.5. The van der Waals surface area contributed by atoms with Gasteiger partial charge >= 0.3 is 0 Å². The number of fused-ring (bicyclic) bond motifs is 1. The van der Waals surface area contributed by atoms with Crippen LogP contribution in [0.4, 0.5) is 10.2 Å². The fourth-order valence-corrected chi connectivity index (χ4v) is 2.48. The zero-order chi connectivity index (χ0) is 15.5. The van der Waals surface area contributed by atoms with Gasteiger partial charge in [-0.3, -0.25) is 0 Å². The molecule has 0 bridgehead atoms. The molecule has 0 fully saturated rings. The first kappa shape index (κ1) is 14.3. The fraction of sp³-hybridized carbons (Fsp3) is 0.133. The average molecular weight is 316 g/mol. The number of hydrogen-bond acceptors (Lipinski definition) is 4. The Bertz CT molecular complexity index is 868. The van der Waals surface area contributed by atoms with E-state index < -0.39 is 0 Å². The highest BCUT2D eigenvalue weighted by Crippen LogP contribution is 2.22. The van der Waals surface area contributed by atoms with Crippen molar-refractivity contribution in [2.24, 2.45) is 0 Å². The number of nitriles is 1. The second-order valence-corrected chi connectivity index (χ2v) is 5.01. The van der Waals surface area contributed by atoms with E-state index in [9.17, 15) is 9.65 Å². The molecular formula is C15H11ClFN5. The lowest BCUT2D eigenvalue weighted by Crippen LogP contribution is -2.13. The number of halogens is 2. The normalized spacial score (nSPS) is 10.6. The molecule has 0 aliphatic heterocycles. The summed E-state index contributed by atoms with van der Waals surface area (Å²) in [5.41, 5.74) is 0.851. The third-order valence-corrected chi connectivity index (χ3v) is 3.47. The van der Waals surface area contributed by atoms with Gasteiger partial charge in [-0.2, -0.15) is 5.26 Å². The first-order valence-electron chi connectivity index (χ1n) is 6.58. The standard InChI is InChI=1S/C15H11ClFN5/c16-13-7-14(21-9-20-13)19-4-5-22-11(8-18)6-10-2-1-3-12(17)15(10)22/h1-3,6-7,9H,4-5H2,(H,19,20,21). The van der Waals surface area contributed by atoms with Crippen LogP contribution in [0.1, 0.15) is 5.69 Å². The lowest BCUT2D eigenvalue weighted by molar-refractivity contribution is 0.623. The Hall–Kier alpha value is -2.65. The Morgan fingerprint density at radius 2 is 2.18 bits per heavy atom. The summed E-state index contributed by atoms with van der Waals surface area (Å²) >= 11 is 5.78. The van der Waals surface area contributed by atoms with Crippen molar-refractivity contribution in [3.05, 3.63) is 53.3 Å². The summed E-state index contributed by atoms with van der Waals surface area (Å²) in [6.45, 7) is 0.898. The summed E-state index contributed by atoms with van der Waals surface area (Å²) in [6, 6.07) is 10.2. The van der Waals surface area contributed by atoms with Gasteiger partial charge in [-0.1, -0.05) is 23.7 Å². The molecule has 1 aromatic carbocycles. The van der Waals surface area contributed by atoms with Crippen molar-refractivity contribution < 1.29 is 4.39 Å². The van der Waals surface area contributed by atoms with E-state index in [1.54, 1.807) is 28.8 Å². The first-order chi connectivity index (χ1) is 10.7. The van der Waals surface area contributed by atoms with E-state index in [0.29, 0.717) is 40.7 Å². The summed E-state index contributed by atoms with van der Waals surface area (Å²) in [5, 5.41) is 13.3. The predicted molar refractivity (Wildman–Crippen MR) is 82.1 cm³/mol. The number of para-hydroxylation sites is 1. The smallest absolute Gasteiger partial charge is 0.147 e. The molecule has 22 heavy (non-hydrogen) atoms. The van der Waals surface area contributed by atoms with Gasteiger partial charge in [0, 0.05) is 24.5 Å². The molecule has 110 valence electrons. The van der Waals surface area contributed by atoms with Crippen LogP contribution in [-0.4, -0.2) is 21.1 Å². The Kier molecular flexibility index (Phi) is 3.90. The summed E-state index contributed by atoms with van der Waals surface area (Å²) < 4.78 is 15.7. The van der Waals surface area contributed by atoms with Gasteiger partial charge in [0.25, 0.3) is 0 Å². The maximum Gasteiger partial charge on any atom is 0.147 e. The van der Waals surface area contributed by atoms with Gasteiger partial charge in [-0.25, -0.2) is 14.4 Å². The number of aromatic nitrogens is 3. The van der Waals surface area contributed by atoms with Gasteiger partial charge < -0.3 is 9.88 Å². The van der Waals surface area contributed by atoms with E-state index in [4.69, 9.17) is 11.6 Å². The molecule has 2 aromatic heterocycles. The van der Waals surface area contributed by atoms with E-state index >= 15 is 0 Å². The number of anilines is 1. The van der Waals surface area contributed by atoms with Crippen LogP contribution in [0.25, 0.3) is 10.9 Å². The van der Waals surface area contributed by atoms with Gasteiger partial charge in [-0.05, 0) is 12.1 Å². The molecule has 0 atom stereocenters. The number of nitrogens with zero attached hydrogens (tertiary/aromatic N) is 4. The Labute approximate surface area is 131 Å². The topological polar surface area (TPSA) is 66.5 Å². The molecule has 3 aromatic rings. The molecule has 0 unspecified atom stereocenters. The minimum Gasteiger partial charge on any atom is -0.368 e. The minimum atomic E-state index is -0.343. The Morgan fingerprint density at radius 3 is 2.95 bits per heavy atom. The van der Waals surface area contributed by atoms with Crippen LogP contribution in [0.15, 0.2) is 36.7 Å². The molecule has 1 N–H and O–H groups in total. The monoisotopic (exact) mass is 315 g/mol. The second-order valence-electron chi connectivity index (χ2n) is 4.62. The molecular weight excluding hydrogens is 305 g/mol. The van der Waals surface area contributed by atoms with Crippen LogP contribution in [0, 0.1) is 17.1 Å². The van der Waals surface area contributed by atoms with Crippen LogP contribution in [-0.2, 0) is 6.54 Å². The molecule has 5 nitrogen and oxygen atoms in total. The van der Waals surface area contributed by atoms with Crippen LogP contribution in [0.2, 0.25) is 5.15 Å². The predicted octanol–water partition coefficient (Wildman–Crippen LogP) is 3.21.